The first-order chi connectivity index (χ1) is 14.0. The summed E-state index contributed by atoms with van der Waals surface area (Å²) in [6, 6.07) is 14.0. The standard InChI is InChI=1S/C20H20N4O5/c1-14-7-2-3-8-15(14)20-22-18(29-23-20)13-28-19(25)11-6-12-21-16-9-4-5-10-17(16)24(26)27/h2-5,7-10,21H,6,11-13H2,1H3. The molecule has 29 heavy (non-hydrogen) atoms. The Hall–Kier alpha value is -3.75. The number of esters is 1. The highest BCUT2D eigenvalue weighted by Crippen LogP contribution is 2.23. The van der Waals surface area contributed by atoms with Gasteiger partial charge in [0, 0.05) is 24.6 Å². The van der Waals surface area contributed by atoms with Crippen molar-refractivity contribution in [2.45, 2.75) is 26.4 Å². The summed E-state index contributed by atoms with van der Waals surface area (Å²) in [4.78, 5) is 26.6. The summed E-state index contributed by atoms with van der Waals surface area (Å²) in [7, 11) is 0. The van der Waals surface area contributed by atoms with Gasteiger partial charge in [-0.15, -0.1) is 0 Å². The molecule has 2 aromatic carbocycles. The first kappa shape index (κ1) is 20.0. The average Bonchev–Trinajstić information content (AvgIpc) is 3.19. The van der Waals surface area contributed by atoms with Gasteiger partial charge >= 0.3 is 5.97 Å². The molecule has 0 aliphatic rings. The maximum Gasteiger partial charge on any atom is 0.306 e. The van der Waals surface area contributed by atoms with Crippen molar-refractivity contribution in [1.82, 2.24) is 10.1 Å². The number of nitrogens with one attached hydrogen (secondary N) is 1. The first-order valence-corrected chi connectivity index (χ1v) is 9.06. The number of carbonyl (C=O) groups excluding carboxylic acids is 1. The van der Waals surface area contributed by atoms with Crippen LogP contribution in [0, 0.1) is 17.0 Å². The predicted molar refractivity (Wildman–Crippen MR) is 105 cm³/mol. The Bertz CT molecular complexity index is 1000. The van der Waals surface area contributed by atoms with Gasteiger partial charge < -0.3 is 14.6 Å². The van der Waals surface area contributed by atoms with Gasteiger partial charge in [-0.2, -0.15) is 4.98 Å². The second-order valence-corrected chi connectivity index (χ2v) is 6.29. The van der Waals surface area contributed by atoms with Crippen molar-refractivity contribution in [1.29, 1.82) is 0 Å². The lowest BCUT2D eigenvalue weighted by molar-refractivity contribution is -0.384. The first-order valence-electron chi connectivity index (χ1n) is 9.06. The summed E-state index contributed by atoms with van der Waals surface area (Å²) in [5, 5.41) is 17.8. The Kier molecular flexibility index (Phi) is 6.51. The smallest absolute Gasteiger partial charge is 0.306 e. The van der Waals surface area contributed by atoms with E-state index >= 15 is 0 Å². The monoisotopic (exact) mass is 396 g/mol. The van der Waals surface area contributed by atoms with Gasteiger partial charge in [0.25, 0.3) is 11.6 Å². The fourth-order valence-electron chi connectivity index (χ4n) is 2.70. The molecule has 1 aromatic heterocycles. The van der Waals surface area contributed by atoms with Gasteiger partial charge in [-0.3, -0.25) is 14.9 Å². The number of para-hydroxylation sites is 2. The summed E-state index contributed by atoms with van der Waals surface area (Å²) < 4.78 is 10.3. The number of nitro benzene ring substituents is 1. The molecule has 0 aliphatic heterocycles. The van der Waals surface area contributed by atoms with Crippen LogP contribution in [0.4, 0.5) is 11.4 Å². The Balaban J connectivity index is 1.42. The van der Waals surface area contributed by atoms with Gasteiger partial charge in [0.2, 0.25) is 5.82 Å². The molecule has 9 heteroatoms. The van der Waals surface area contributed by atoms with E-state index in [0.717, 1.165) is 11.1 Å². The van der Waals surface area contributed by atoms with E-state index in [9.17, 15) is 14.9 Å². The minimum absolute atomic E-state index is 0.00377. The molecule has 9 nitrogen and oxygen atoms in total. The molecule has 1 N–H and O–H groups in total. The van der Waals surface area contributed by atoms with E-state index in [1.807, 2.05) is 31.2 Å². The molecule has 150 valence electrons. The van der Waals surface area contributed by atoms with E-state index in [1.165, 1.54) is 6.07 Å². The number of nitrogens with zero attached hydrogens (tertiary/aromatic N) is 3. The summed E-state index contributed by atoms with van der Waals surface area (Å²) in [6.07, 6.45) is 0.621. The lowest BCUT2D eigenvalue weighted by Crippen LogP contribution is -2.09. The van der Waals surface area contributed by atoms with Crippen LogP contribution in [0.1, 0.15) is 24.3 Å². The number of aryl methyl sites for hydroxylation is 1. The number of ether oxygens (including phenoxy) is 1. The van der Waals surface area contributed by atoms with Gasteiger partial charge in [-0.1, -0.05) is 41.6 Å². The molecular formula is C20H20N4O5. The Morgan fingerprint density at radius 2 is 1.97 bits per heavy atom. The molecule has 3 aromatic rings. The number of aromatic nitrogens is 2. The summed E-state index contributed by atoms with van der Waals surface area (Å²) in [5.41, 5.74) is 2.29. The SMILES string of the molecule is Cc1ccccc1-c1noc(COC(=O)CCCNc2ccccc2[N+](=O)[O-])n1. The normalized spacial score (nSPS) is 10.5. The highest BCUT2D eigenvalue weighted by atomic mass is 16.6. The van der Waals surface area contributed by atoms with Crippen LogP contribution < -0.4 is 5.32 Å². The lowest BCUT2D eigenvalue weighted by atomic mass is 10.1. The molecule has 0 unspecified atom stereocenters. The van der Waals surface area contributed by atoms with Crippen molar-refractivity contribution in [3.8, 4) is 11.4 Å². The molecule has 0 saturated carbocycles. The van der Waals surface area contributed by atoms with E-state index in [4.69, 9.17) is 9.26 Å². The summed E-state index contributed by atoms with van der Waals surface area (Å²) in [6.45, 7) is 2.25. The van der Waals surface area contributed by atoms with Crippen molar-refractivity contribution in [3.63, 3.8) is 0 Å². The Morgan fingerprint density at radius 3 is 2.76 bits per heavy atom. The molecule has 0 saturated heterocycles. The van der Waals surface area contributed by atoms with Crippen LogP contribution in [0.2, 0.25) is 0 Å². The second kappa shape index (κ2) is 9.45. The van der Waals surface area contributed by atoms with Crippen LogP contribution >= 0.6 is 0 Å². The van der Waals surface area contributed by atoms with Gasteiger partial charge in [0.15, 0.2) is 6.61 Å². The molecule has 1 heterocycles. The van der Waals surface area contributed by atoms with E-state index in [2.05, 4.69) is 15.5 Å². The third-order valence-corrected chi connectivity index (χ3v) is 4.18. The fraction of sp³-hybridized carbons (Fsp3) is 0.250. The van der Waals surface area contributed by atoms with Crippen molar-refractivity contribution >= 4 is 17.3 Å². The number of hydrogen-bond donors (Lipinski definition) is 1. The predicted octanol–water partition coefficient (Wildman–Crippen LogP) is 3.89. The molecule has 0 atom stereocenters. The number of carbonyl (C=O) groups is 1. The summed E-state index contributed by atoms with van der Waals surface area (Å²) in [5.74, 6) is 0.252. The Morgan fingerprint density at radius 1 is 1.21 bits per heavy atom. The maximum atomic E-state index is 11.9. The highest BCUT2D eigenvalue weighted by molar-refractivity contribution is 5.69. The van der Waals surface area contributed by atoms with Crippen molar-refractivity contribution in [2.24, 2.45) is 0 Å². The van der Waals surface area contributed by atoms with Crippen LogP contribution in [-0.2, 0) is 16.1 Å². The Labute approximate surface area is 166 Å². The zero-order valence-corrected chi connectivity index (χ0v) is 15.8. The van der Waals surface area contributed by atoms with Gasteiger partial charge in [0.05, 0.1) is 4.92 Å². The lowest BCUT2D eigenvalue weighted by Gasteiger charge is -2.06. The average molecular weight is 396 g/mol. The second-order valence-electron chi connectivity index (χ2n) is 6.29. The third kappa shape index (κ3) is 5.38. The van der Waals surface area contributed by atoms with Crippen molar-refractivity contribution in [3.05, 3.63) is 70.1 Å². The van der Waals surface area contributed by atoms with Crippen molar-refractivity contribution < 1.29 is 19.0 Å². The van der Waals surface area contributed by atoms with Crippen LogP contribution in [0.25, 0.3) is 11.4 Å². The number of anilines is 1. The number of nitro groups is 1. The molecule has 0 radical (unpaired) electrons. The van der Waals surface area contributed by atoms with E-state index in [0.29, 0.717) is 24.5 Å². The van der Waals surface area contributed by atoms with Crippen LogP contribution in [0.3, 0.4) is 0 Å². The maximum absolute atomic E-state index is 11.9. The number of rotatable bonds is 9. The van der Waals surface area contributed by atoms with E-state index < -0.39 is 10.9 Å². The van der Waals surface area contributed by atoms with Gasteiger partial charge in [0.1, 0.15) is 5.69 Å². The van der Waals surface area contributed by atoms with Gasteiger partial charge in [-0.25, -0.2) is 0 Å². The molecule has 0 aliphatic carbocycles. The van der Waals surface area contributed by atoms with E-state index in [-0.39, 0.29) is 24.6 Å². The van der Waals surface area contributed by atoms with Crippen LogP contribution in [0.15, 0.2) is 53.1 Å². The third-order valence-electron chi connectivity index (χ3n) is 4.18. The molecule has 3 rings (SSSR count). The minimum Gasteiger partial charge on any atom is -0.456 e. The fourth-order valence-corrected chi connectivity index (χ4v) is 2.70. The number of hydrogen-bond acceptors (Lipinski definition) is 8. The quantitative estimate of drug-likeness (QED) is 0.250. The van der Waals surface area contributed by atoms with Crippen molar-refractivity contribution in [2.75, 3.05) is 11.9 Å². The minimum atomic E-state index is -0.452. The zero-order valence-electron chi connectivity index (χ0n) is 15.8. The number of benzene rings is 2. The molecule has 0 fully saturated rings. The molecular weight excluding hydrogens is 376 g/mol. The summed E-state index contributed by atoms with van der Waals surface area (Å²) >= 11 is 0. The zero-order chi connectivity index (χ0) is 20.6. The van der Waals surface area contributed by atoms with E-state index in [1.54, 1.807) is 18.2 Å². The molecule has 0 bridgehead atoms. The topological polar surface area (TPSA) is 120 Å². The molecule has 0 spiro atoms. The van der Waals surface area contributed by atoms with Crippen LogP contribution in [-0.4, -0.2) is 27.6 Å². The largest absolute Gasteiger partial charge is 0.456 e. The van der Waals surface area contributed by atoms with Gasteiger partial charge in [-0.05, 0) is 25.0 Å². The molecule has 0 amide bonds. The highest BCUT2D eigenvalue weighted by Gasteiger charge is 2.13. The van der Waals surface area contributed by atoms with Crippen LogP contribution in [0.5, 0.6) is 0 Å².